The summed E-state index contributed by atoms with van der Waals surface area (Å²) in [6, 6.07) is 10.3. The first-order valence-electron chi connectivity index (χ1n) is 7.00. The molecule has 2 N–H and O–H groups in total. The minimum absolute atomic E-state index is 0.129. The third-order valence-corrected chi connectivity index (χ3v) is 3.51. The van der Waals surface area contributed by atoms with Gasteiger partial charge in [0.15, 0.2) is 0 Å². The normalized spacial score (nSPS) is 12.5. The topological polar surface area (TPSA) is 56.3 Å². The van der Waals surface area contributed by atoms with E-state index in [1.165, 1.54) is 6.07 Å². The van der Waals surface area contributed by atoms with E-state index in [2.05, 4.69) is 4.98 Å². The molecule has 0 spiro atoms. The van der Waals surface area contributed by atoms with E-state index in [0.717, 1.165) is 16.8 Å². The number of anilines is 1. The van der Waals surface area contributed by atoms with Crippen LogP contribution in [-0.4, -0.2) is 36.5 Å². The van der Waals surface area contributed by atoms with Crippen LogP contribution in [0.25, 0.3) is 12.2 Å². The van der Waals surface area contributed by atoms with Gasteiger partial charge in [-0.3, -0.25) is 4.79 Å². The van der Waals surface area contributed by atoms with Crippen molar-refractivity contribution in [3.8, 4) is 0 Å². The van der Waals surface area contributed by atoms with Crippen LogP contribution in [0.15, 0.2) is 47.4 Å². The zero-order valence-electron chi connectivity index (χ0n) is 12.4. The Morgan fingerprint density at radius 3 is 2.36 bits per heavy atom. The van der Waals surface area contributed by atoms with Gasteiger partial charge in [-0.25, -0.2) is 4.39 Å². The van der Waals surface area contributed by atoms with Crippen molar-refractivity contribution in [3.05, 3.63) is 64.1 Å². The number of aromatic nitrogens is 1. The van der Waals surface area contributed by atoms with Gasteiger partial charge < -0.3 is 15.0 Å². The van der Waals surface area contributed by atoms with Crippen LogP contribution in [0.2, 0.25) is 0 Å². The predicted octanol–water partition coefficient (Wildman–Crippen LogP) is 2.31. The summed E-state index contributed by atoms with van der Waals surface area (Å²) in [7, 11) is 1.76. The minimum Gasteiger partial charge on any atom is -0.394 e. The zero-order valence-corrected chi connectivity index (χ0v) is 12.4. The van der Waals surface area contributed by atoms with Crippen molar-refractivity contribution in [2.75, 3.05) is 25.2 Å². The monoisotopic (exact) mass is 302 g/mol. The molecule has 2 rings (SSSR count). The van der Waals surface area contributed by atoms with Gasteiger partial charge in [0.25, 0.3) is 0 Å². The number of pyridine rings is 1. The Morgan fingerprint density at radius 2 is 1.82 bits per heavy atom. The molecule has 116 valence electrons. The van der Waals surface area contributed by atoms with Crippen LogP contribution < -0.4 is 10.5 Å². The maximum absolute atomic E-state index is 12.8. The average Bonchev–Trinajstić information content (AvgIpc) is 2.56. The van der Waals surface area contributed by atoms with Gasteiger partial charge >= 0.3 is 0 Å². The van der Waals surface area contributed by atoms with E-state index in [-0.39, 0.29) is 12.2 Å². The van der Waals surface area contributed by atoms with E-state index < -0.39 is 12.7 Å². The Morgan fingerprint density at radius 1 is 1.18 bits per heavy atom. The second-order valence-corrected chi connectivity index (χ2v) is 5.01. The molecular formula is C17H19FN2O2. The van der Waals surface area contributed by atoms with Gasteiger partial charge in [-0.1, -0.05) is 24.3 Å². The molecule has 1 aromatic heterocycles. The van der Waals surface area contributed by atoms with Gasteiger partial charge in [0.2, 0.25) is 5.56 Å². The molecule has 0 aliphatic rings. The van der Waals surface area contributed by atoms with E-state index in [1.54, 1.807) is 24.2 Å². The third-order valence-electron chi connectivity index (χ3n) is 3.51. The number of halogens is 1. The lowest BCUT2D eigenvalue weighted by Crippen LogP contribution is -2.36. The summed E-state index contributed by atoms with van der Waals surface area (Å²) >= 11 is 0. The van der Waals surface area contributed by atoms with Crippen LogP contribution in [0.5, 0.6) is 0 Å². The Hall–Kier alpha value is -2.40. The van der Waals surface area contributed by atoms with Gasteiger partial charge in [0.05, 0.1) is 12.6 Å². The third kappa shape index (κ3) is 4.05. The molecule has 2 aromatic rings. The number of nitrogens with one attached hydrogen (secondary N) is 1. The second-order valence-electron chi connectivity index (χ2n) is 5.01. The number of rotatable bonds is 6. The number of likely N-dealkylation sites (N-methyl/N-ethyl adjacent to an activating group) is 1. The molecule has 0 aliphatic carbocycles. The summed E-state index contributed by atoms with van der Waals surface area (Å²) < 4.78 is 12.8. The van der Waals surface area contributed by atoms with Gasteiger partial charge in [-0.15, -0.1) is 0 Å². The number of nitrogens with zero attached hydrogens (tertiary/aromatic N) is 1. The van der Waals surface area contributed by atoms with Crippen molar-refractivity contribution in [1.82, 2.24) is 4.98 Å². The number of aliphatic hydroxyl groups excluding tert-OH is 1. The maximum Gasteiger partial charge on any atom is 0.247 e. The molecule has 0 bridgehead atoms. The van der Waals surface area contributed by atoms with E-state index in [1.807, 2.05) is 36.4 Å². The summed E-state index contributed by atoms with van der Waals surface area (Å²) in [5.41, 5.74) is 2.61. The van der Waals surface area contributed by atoms with Gasteiger partial charge in [0.1, 0.15) is 6.67 Å². The lowest BCUT2D eigenvalue weighted by Gasteiger charge is -2.26. The first-order chi connectivity index (χ1) is 10.6. The number of benzene rings is 1. The molecule has 1 heterocycles. The summed E-state index contributed by atoms with van der Waals surface area (Å²) in [5.74, 6) is 0. The van der Waals surface area contributed by atoms with Gasteiger partial charge in [0, 0.05) is 25.0 Å². The second kappa shape index (κ2) is 7.56. The van der Waals surface area contributed by atoms with Crippen LogP contribution >= 0.6 is 0 Å². The quantitative estimate of drug-likeness (QED) is 0.861. The van der Waals surface area contributed by atoms with Crippen LogP contribution in [0.3, 0.4) is 0 Å². The van der Waals surface area contributed by atoms with E-state index in [0.29, 0.717) is 0 Å². The lowest BCUT2D eigenvalue weighted by molar-refractivity contribution is 0.238. The van der Waals surface area contributed by atoms with E-state index in [4.69, 9.17) is 5.11 Å². The number of aromatic amines is 1. The fourth-order valence-corrected chi connectivity index (χ4v) is 2.02. The summed E-state index contributed by atoms with van der Waals surface area (Å²) in [5, 5.41) is 9.12. The van der Waals surface area contributed by atoms with Crippen LogP contribution in [0.4, 0.5) is 10.1 Å². The molecule has 1 aromatic carbocycles. The molecule has 0 radical (unpaired) electrons. The molecule has 0 saturated carbocycles. The number of aliphatic hydroxyl groups is 1. The molecule has 0 saturated heterocycles. The molecule has 0 fully saturated rings. The SMILES string of the molecule is CN(c1ccc(/C=C/c2ccc(=O)[nH]c2)cc1)C(CO)CF. The van der Waals surface area contributed by atoms with Crippen LogP contribution in [0, 0.1) is 0 Å². The Balaban J connectivity index is 2.08. The van der Waals surface area contributed by atoms with Crippen molar-refractivity contribution in [2.24, 2.45) is 0 Å². The Kier molecular flexibility index (Phi) is 5.49. The first-order valence-corrected chi connectivity index (χ1v) is 7.00. The summed E-state index contributed by atoms with van der Waals surface area (Å²) in [4.78, 5) is 15.3. The maximum atomic E-state index is 12.8. The minimum atomic E-state index is -0.596. The van der Waals surface area contributed by atoms with Crippen LogP contribution in [-0.2, 0) is 0 Å². The molecule has 0 aliphatic heterocycles. The van der Waals surface area contributed by atoms with Gasteiger partial charge in [-0.2, -0.15) is 0 Å². The van der Waals surface area contributed by atoms with Crippen molar-refractivity contribution < 1.29 is 9.50 Å². The molecule has 4 nitrogen and oxygen atoms in total. The molecule has 1 atom stereocenters. The fourth-order valence-electron chi connectivity index (χ4n) is 2.02. The Bertz CT molecular complexity index is 655. The highest BCUT2D eigenvalue weighted by atomic mass is 19.1. The highest BCUT2D eigenvalue weighted by Crippen LogP contribution is 2.17. The Labute approximate surface area is 128 Å². The smallest absolute Gasteiger partial charge is 0.247 e. The first kappa shape index (κ1) is 16.0. The molecular weight excluding hydrogens is 283 g/mol. The summed E-state index contributed by atoms with van der Waals surface area (Å²) in [6.07, 6.45) is 5.47. The van der Waals surface area contributed by atoms with E-state index >= 15 is 0 Å². The predicted molar refractivity (Wildman–Crippen MR) is 87.7 cm³/mol. The summed E-state index contributed by atoms with van der Waals surface area (Å²) in [6.45, 7) is -0.818. The van der Waals surface area contributed by atoms with Crippen molar-refractivity contribution >= 4 is 17.8 Å². The number of hydrogen-bond acceptors (Lipinski definition) is 3. The lowest BCUT2D eigenvalue weighted by atomic mass is 10.1. The molecule has 0 amide bonds. The molecule has 5 heteroatoms. The standard InChI is InChI=1S/C17H19FN2O2/c1-20(16(10-18)12-21)15-7-4-13(5-8-15)2-3-14-6-9-17(22)19-11-14/h2-9,11,16,21H,10,12H2,1H3,(H,19,22)/b3-2+. The van der Waals surface area contributed by atoms with Gasteiger partial charge in [-0.05, 0) is 29.3 Å². The molecule has 22 heavy (non-hydrogen) atoms. The number of H-pyrrole nitrogens is 1. The highest BCUT2D eigenvalue weighted by molar-refractivity contribution is 5.70. The highest BCUT2D eigenvalue weighted by Gasteiger charge is 2.13. The van der Waals surface area contributed by atoms with Crippen molar-refractivity contribution in [1.29, 1.82) is 0 Å². The zero-order chi connectivity index (χ0) is 15.9. The van der Waals surface area contributed by atoms with Crippen molar-refractivity contribution in [2.45, 2.75) is 6.04 Å². The van der Waals surface area contributed by atoms with Crippen LogP contribution in [0.1, 0.15) is 11.1 Å². The number of hydrogen-bond donors (Lipinski definition) is 2. The van der Waals surface area contributed by atoms with Crippen molar-refractivity contribution in [3.63, 3.8) is 0 Å². The fraction of sp³-hybridized carbons (Fsp3) is 0.235. The average molecular weight is 302 g/mol. The molecule has 1 unspecified atom stereocenters. The number of alkyl halides is 1. The van der Waals surface area contributed by atoms with E-state index in [9.17, 15) is 9.18 Å². The largest absolute Gasteiger partial charge is 0.394 e.